The standard InChI is InChI=1S/C10H19NO4/c1-4-15-9(12)7-5-11-6-8(7)10(13-2)14-3/h7-8,10-11H,4-6H2,1-3H3/t7-,8-/m1/s1. The topological polar surface area (TPSA) is 56.8 Å². The van der Waals surface area contributed by atoms with Gasteiger partial charge in [0.25, 0.3) is 0 Å². The molecule has 0 aromatic rings. The van der Waals surface area contributed by atoms with Crippen LogP contribution in [0.25, 0.3) is 0 Å². The van der Waals surface area contributed by atoms with E-state index in [9.17, 15) is 4.79 Å². The molecule has 0 spiro atoms. The smallest absolute Gasteiger partial charge is 0.310 e. The van der Waals surface area contributed by atoms with Crippen LogP contribution in [0.4, 0.5) is 0 Å². The summed E-state index contributed by atoms with van der Waals surface area (Å²) < 4.78 is 15.3. The molecule has 0 aromatic heterocycles. The summed E-state index contributed by atoms with van der Waals surface area (Å²) in [6.07, 6.45) is -0.352. The third-order valence-corrected chi connectivity index (χ3v) is 2.66. The zero-order chi connectivity index (χ0) is 11.3. The molecule has 1 rings (SSSR count). The predicted molar refractivity (Wildman–Crippen MR) is 54.3 cm³/mol. The van der Waals surface area contributed by atoms with Crippen LogP contribution >= 0.6 is 0 Å². The first-order chi connectivity index (χ1) is 7.24. The second-order valence-corrected chi connectivity index (χ2v) is 3.52. The normalized spacial score (nSPS) is 25.9. The Morgan fingerprint density at radius 2 is 2.07 bits per heavy atom. The van der Waals surface area contributed by atoms with Gasteiger partial charge >= 0.3 is 5.97 Å². The van der Waals surface area contributed by atoms with Crippen LogP contribution in [-0.2, 0) is 19.0 Å². The van der Waals surface area contributed by atoms with Crippen molar-refractivity contribution >= 4 is 5.97 Å². The van der Waals surface area contributed by atoms with Gasteiger partial charge in [-0.3, -0.25) is 4.79 Å². The van der Waals surface area contributed by atoms with Gasteiger partial charge in [0.15, 0.2) is 6.29 Å². The highest BCUT2D eigenvalue weighted by atomic mass is 16.7. The number of ether oxygens (including phenoxy) is 3. The number of hydrogen-bond donors (Lipinski definition) is 1. The van der Waals surface area contributed by atoms with Crippen molar-refractivity contribution in [1.29, 1.82) is 0 Å². The average Bonchev–Trinajstić information content (AvgIpc) is 2.69. The Morgan fingerprint density at radius 3 is 2.60 bits per heavy atom. The van der Waals surface area contributed by atoms with Crippen LogP contribution < -0.4 is 5.32 Å². The highest BCUT2D eigenvalue weighted by Gasteiger charge is 2.39. The minimum absolute atomic E-state index is 0.0269. The summed E-state index contributed by atoms with van der Waals surface area (Å²) in [6, 6.07) is 0. The maximum absolute atomic E-state index is 11.6. The van der Waals surface area contributed by atoms with E-state index in [-0.39, 0.29) is 24.1 Å². The molecule has 1 aliphatic heterocycles. The summed E-state index contributed by atoms with van der Waals surface area (Å²) in [5, 5.41) is 3.15. The van der Waals surface area contributed by atoms with Crippen LogP contribution in [0.3, 0.4) is 0 Å². The number of carbonyl (C=O) groups is 1. The van der Waals surface area contributed by atoms with Gasteiger partial charge in [-0.2, -0.15) is 0 Å². The third kappa shape index (κ3) is 2.90. The molecule has 1 saturated heterocycles. The van der Waals surface area contributed by atoms with Crippen molar-refractivity contribution in [3.63, 3.8) is 0 Å². The molecule has 1 N–H and O–H groups in total. The number of nitrogens with one attached hydrogen (secondary N) is 1. The van der Waals surface area contributed by atoms with Gasteiger partial charge in [0, 0.05) is 33.2 Å². The van der Waals surface area contributed by atoms with Gasteiger partial charge in [0.05, 0.1) is 12.5 Å². The Bertz CT molecular complexity index is 206. The zero-order valence-electron chi connectivity index (χ0n) is 9.49. The van der Waals surface area contributed by atoms with Crippen LogP contribution in [0.2, 0.25) is 0 Å². The van der Waals surface area contributed by atoms with E-state index in [0.717, 1.165) is 6.54 Å². The number of methoxy groups -OCH3 is 2. The lowest BCUT2D eigenvalue weighted by Crippen LogP contribution is -2.35. The lowest BCUT2D eigenvalue weighted by molar-refractivity contribution is -0.165. The van der Waals surface area contributed by atoms with Crippen molar-refractivity contribution < 1.29 is 19.0 Å². The highest BCUT2D eigenvalue weighted by molar-refractivity contribution is 5.73. The summed E-state index contributed by atoms with van der Waals surface area (Å²) >= 11 is 0. The Labute approximate surface area is 90.1 Å². The van der Waals surface area contributed by atoms with E-state index in [2.05, 4.69) is 5.32 Å². The Morgan fingerprint density at radius 1 is 1.40 bits per heavy atom. The average molecular weight is 217 g/mol. The first-order valence-corrected chi connectivity index (χ1v) is 5.17. The highest BCUT2D eigenvalue weighted by Crippen LogP contribution is 2.23. The van der Waals surface area contributed by atoms with Crippen molar-refractivity contribution in [2.45, 2.75) is 13.2 Å². The molecule has 0 amide bonds. The molecule has 1 heterocycles. The van der Waals surface area contributed by atoms with Crippen molar-refractivity contribution in [2.75, 3.05) is 33.9 Å². The molecule has 5 nitrogen and oxygen atoms in total. The van der Waals surface area contributed by atoms with Crippen LogP contribution in [0.15, 0.2) is 0 Å². The quantitative estimate of drug-likeness (QED) is 0.519. The summed E-state index contributed by atoms with van der Waals surface area (Å²) in [5.41, 5.74) is 0. The minimum atomic E-state index is -0.352. The van der Waals surface area contributed by atoms with Crippen molar-refractivity contribution in [3.05, 3.63) is 0 Å². The van der Waals surface area contributed by atoms with Gasteiger partial charge in [-0.15, -0.1) is 0 Å². The number of esters is 1. The van der Waals surface area contributed by atoms with Crippen molar-refractivity contribution in [1.82, 2.24) is 5.32 Å². The lowest BCUT2D eigenvalue weighted by atomic mass is 9.95. The van der Waals surface area contributed by atoms with E-state index in [1.807, 2.05) is 0 Å². The molecular weight excluding hydrogens is 198 g/mol. The Hall–Kier alpha value is -0.650. The monoisotopic (exact) mass is 217 g/mol. The molecule has 2 atom stereocenters. The third-order valence-electron chi connectivity index (χ3n) is 2.66. The zero-order valence-corrected chi connectivity index (χ0v) is 9.49. The van der Waals surface area contributed by atoms with Crippen LogP contribution in [0, 0.1) is 11.8 Å². The minimum Gasteiger partial charge on any atom is -0.466 e. The summed E-state index contributed by atoms with van der Waals surface area (Å²) in [7, 11) is 3.16. The van der Waals surface area contributed by atoms with E-state index in [0.29, 0.717) is 13.2 Å². The van der Waals surface area contributed by atoms with Gasteiger partial charge in [-0.1, -0.05) is 0 Å². The molecule has 0 unspecified atom stereocenters. The van der Waals surface area contributed by atoms with E-state index < -0.39 is 0 Å². The molecule has 5 heteroatoms. The van der Waals surface area contributed by atoms with Gasteiger partial charge in [-0.05, 0) is 6.92 Å². The Kier molecular flexibility index (Phi) is 5.01. The molecule has 1 aliphatic rings. The van der Waals surface area contributed by atoms with Gasteiger partial charge in [0.2, 0.25) is 0 Å². The van der Waals surface area contributed by atoms with E-state index >= 15 is 0 Å². The molecule has 15 heavy (non-hydrogen) atoms. The summed E-state index contributed by atoms with van der Waals surface area (Å²) in [6.45, 7) is 3.56. The first kappa shape index (κ1) is 12.4. The maximum Gasteiger partial charge on any atom is 0.310 e. The second-order valence-electron chi connectivity index (χ2n) is 3.52. The summed E-state index contributed by atoms with van der Waals surface area (Å²) in [5.74, 6) is -0.319. The lowest BCUT2D eigenvalue weighted by Gasteiger charge is -2.24. The predicted octanol–water partition coefficient (Wildman–Crippen LogP) is 0.00400. The molecule has 0 radical (unpaired) electrons. The number of hydrogen-bond acceptors (Lipinski definition) is 5. The fraction of sp³-hybridized carbons (Fsp3) is 0.900. The molecular formula is C10H19NO4. The van der Waals surface area contributed by atoms with Gasteiger partial charge in [-0.25, -0.2) is 0 Å². The van der Waals surface area contributed by atoms with Gasteiger partial charge in [0.1, 0.15) is 0 Å². The molecule has 0 saturated carbocycles. The van der Waals surface area contributed by atoms with E-state index in [1.165, 1.54) is 0 Å². The maximum atomic E-state index is 11.6. The first-order valence-electron chi connectivity index (χ1n) is 5.17. The van der Waals surface area contributed by atoms with Crippen molar-refractivity contribution in [3.8, 4) is 0 Å². The number of carbonyl (C=O) groups excluding carboxylic acids is 1. The van der Waals surface area contributed by atoms with Crippen LogP contribution in [0.5, 0.6) is 0 Å². The SMILES string of the molecule is CCOC(=O)[C@@H]1CNC[C@H]1C(OC)OC. The van der Waals surface area contributed by atoms with E-state index in [1.54, 1.807) is 21.1 Å². The van der Waals surface area contributed by atoms with E-state index in [4.69, 9.17) is 14.2 Å². The fourth-order valence-corrected chi connectivity index (χ4v) is 1.94. The Balaban J connectivity index is 2.59. The van der Waals surface area contributed by atoms with Gasteiger partial charge < -0.3 is 19.5 Å². The molecule has 88 valence electrons. The van der Waals surface area contributed by atoms with Crippen molar-refractivity contribution in [2.24, 2.45) is 11.8 Å². The fourth-order valence-electron chi connectivity index (χ4n) is 1.94. The van der Waals surface area contributed by atoms with Crippen LogP contribution in [-0.4, -0.2) is 46.2 Å². The molecule has 0 aliphatic carbocycles. The molecule has 1 fully saturated rings. The number of rotatable bonds is 5. The summed E-state index contributed by atoms with van der Waals surface area (Å²) in [4.78, 5) is 11.6. The molecule has 0 aromatic carbocycles. The largest absolute Gasteiger partial charge is 0.466 e. The van der Waals surface area contributed by atoms with Crippen LogP contribution in [0.1, 0.15) is 6.92 Å². The molecule has 0 bridgehead atoms. The second kappa shape index (κ2) is 6.05.